The number of fused-ring (bicyclic) bond motifs is 2. The molecular formula is C33H24N2O5. The molecule has 6 rings (SSSR count). The first-order chi connectivity index (χ1) is 19.1. The molecule has 0 radical (unpaired) electrons. The summed E-state index contributed by atoms with van der Waals surface area (Å²) in [4.78, 5) is 68.6. The lowest BCUT2D eigenvalue weighted by Gasteiger charge is -2.16. The zero-order valence-electron chi connectivity index (χ0n) is 22.4. The van der Waals surface area contributed by atoms with E-state index in [4.69, 9.17) is 0 Å². The maximum Gasteiger partial charge on any atom is 0.266 e. The molecule has 7 nitrogen and oxygen atoms in total. The van der Waals surface area contributed by atoms with E-state index in [0.29, 0.717) is 11.4 Å². The van der Waals surface area contributed by atoms with Gasteiger partial charge in [0.25, 0.3) is 23.6 Å². The molecule has 0 saturated carbocycles. The molecule has 0 N–H and O–H groups in total. The number of carbonyl (C=O) groups excluding carboxylic acids is 5. The Bertz CT molecular complexity index is 1720. The van der Waals surface area contributed by atoms with Crippen molar-refractivity contribution < 1.29 is 24.0 Å². The first kappa shape index (κ1) is 25.1. The number of amides is 4. The number of imide groups is 2. The SMILES string of the molecule is Cc1ccc(N2C(=O)c3ccc(C(=O)c4ccc5c(c4)C(=O)N(c4ccc(C)cc4C)C5=O)cc3C2=O)c(C)c1. The fourth-order valence-corrected chi connectivity index (χ4v) is 5.48. The summed E-state index contributed by atoms with van der Waals surface area (Å²) in [5, 5.41) is 0. The number of nitrogens with zero attached hydrogens (tertiary/aromatic N) is 2. The third-order valence-electron chi connectivity index (χ3n) is 7.48. The molecule has 0 atom stereocenters. The fourth-order valence-electron chi connectivity index (χ4n) is 5.48. The molecule has 7 heteroatoms. The number of aryl methyl sites for hydroxylation is 4. The van der Waals surface area contributed by atoms with Crippen LogP contribution in [-0.2, 0) is 0 Å². The van der Waals surface area contributed by atoms with E-state index in [9.17, 15) is 24.0 Å². The van der Waals surface area contributed by atoms with Gasteiger partial charge in [0.2, 0.25) is 0 Å². The smallest absolute Gasteiger partial charge is 0.266 e. The van der Waals surface area contributed by atoms with Gasteiger partial charge in [-0.15, -0.1) is 0 Å². The van der Waals surface area contributed by atoms with E-state index in [0.717, 1.165) is 32.1 Å². The predicted molar refractivity (Wildman–Crippen MR) is 150 cm³/mol. The third kappa shape index (κ3) is 3.70. The Labute approximate surface area is 230 Å². The van der Waals surface area contributed by atoms with Gasteiger partial charge in [-0.3, -0.25) is 24.0 Å². The van der Waals surface area contributed by atoms with Crippen LogP contribution in [0.2, 0.25) is 0 Å². The first-order valence-corrected chi connectivity index (χ1v) is 12.8. The van der Waals surface area contributed by atoms with Crippen LogP contribution < -0.4 is 9.80 Å². The van der Waals surface area contributed by atoms with Gasteiger partial charge in [-0.2, -0.15) is 0 Å². The molecule has 0 unspecified atom stereocenters. The molecule has 4 amide bonds. The number of rotatable bonds is 4. The van der Waals surface area contributed by atoms with Crippen molar-refractivity contribution >= 4 is 40.8 Å². The standard InChI is InChI=1S/C33H24N2O5/c1-17-5-11-27(19(3)13-17)34-30(37)23-9-7-21(15-25(23)32(34)39)29(36)22-8-10-24-26(16-22)33(40)35(31(24)38)28-12-6-18(2)14-20(28)4/h5-16H,1-4H3. The molecule has 4 aromatic carbocycles. The summed E-state index contributed by atoms with van der Waals surface area (Å²) in [6.07, 6.45) is 0. The highest BCUT2D eigenvalue weighted by Crippen LogP contribution is 2.34. The molecule has 2 aliphatic heterocycles. The summed E-state index contributed by atoms with van der Waals surface area (Å²) in [5.74, 6) is -2.32. The van der Waals surface area contributed by atoms with Crippen molar-refractivity contribution in [1.82, 2.24) is 0 Å². The maximum absolute atomic E-state index is 13.5. The van der Waals surface area contributed by atoms with Crippen LogP contribution >= 0.6 is 0 Å². The second kappa shape index (κ2) is 8.95. The molecule has 2 heterocycles. The fraction of sp³-hybridized carbons (Fsp3) is 0.121. The van der Waals surface area contributed by atoms with Gasteiger partial charge >= 0.3 is 0 Å². The van der Waals surface area contributed by atoms with Crippen molar-refractivity contribution in [2.45, 2.75) is 27.7 Å². The Morgan fingerprint density at radius 3 is 1.23 bits per heavy atom. The Morgan fingerprint density at radius 2 is 0.850 bits per heavy atom. The van der Waals surface area contributed by atoms with Crippen molar-refractivity contribution in [2.75, 3.05) is 9.80 Å². The molecule has 0 fully saturated rings. The summed E-state index contributed by atoms with van der Waals surface area (Å²) in [6.45, 7) is 7.53. The van der Waals surface area contributed by atoms with Crippen molar-refractivity contribution in [1.29, 1.82) is 0 Å². The summed E-state index contributed by atoms with van der Waals surface area (Å²) in [7, 11) is 0. The summed E-state index contributed by atoms with van der Waals surface area (Å²) < 4.78 is 0. The highest BCUT2D eigenvalue weighted by molar-refractivity contribution is 6.36. The number of anilines is 2. The van der Waals surface area contributed by atoms with Crippen molar-refractivity contribution in [3.8, 4) is 0 Å². The van der Waals surface area contributed by atoms with Crippen LogP contribution in [0.15, 0.2) is 72.8 Å². The molecule has 40 heavy (non-hydrogen) atoms. The Kier molecular flexibility index (Phi) is 5.62. The Balaban J connectivity index is 1.32. The molecule has 0 aromatic heterocycles. The van der Waals surface area contributed by atoms with Crippen molar-refractivity contribution in [3.63, 3.8) is 0 Å². The van der Waals surface area contributed by atoms with Gasteiger partial charge in [-0.1, -0.05) is 47.5 Å². The maximum atomic E-state index is 13.5. The average Bonchev–Trinajstić information content (AvgIpc) is 3.32. The number of benzene rings is 4. The highest BCUT2D eigenvalue weighted by Gasteiger charge is 2.39. The lowest BCUT2D eigenvalue weighted by Crippen LogP contribution is -2.30. The quantitative estimate of drug-likeness (QED) is 0.248. The van der Waals surface area contributed by atoms with Crippen molar-refractivity contribution in [2.24, 2.45) is 0 Å². The largest absolute Gasteiger partial charge is 0.289 e. The van der Waals surface area contributed by atoms with E-state index < -0.39 is 29.4 Å². The van der Waals surface area contributed by atoms with E-state index in [1.54, 1.807) is 12.1 Å². The predicted octanol–water partition coefficient (Wildman–Crippen LogP) is 5.75. The van der Waals surface area contributed by atoms with Gasteiger partial charge in [-0.25, -0.2) is 9.80 Å². The zero-order chi connectivity index (χ0) is 28.5. The molecule has 0 bridgehead atoms. The van der Waals surface area contributed by atoms with E-state index in [1.165, 1.54) is 36.4 Å². The summed E-state index contributed by atoms with van der Waals surface area (Å²) in [6, 6.07) is 19.7. The Morgan fingerprint density at radius 1 is 0.475 bits per heavy atom. The van der Waals surface area contributed by atoms with E-state index >= 15 is 0 Å². The Hall–Kier alpha value is -5.17. The first-order valence-electron chi connectivity index (χ1n) is 12.8. The second-order valence-corrected chi connectivity index (χ2v) is 10.3. The van der Waals surface area contributed by atoms with E-state index in [2.05, 4.69) is 0 Å². The minimum Gasteiger partial charge on any atom is -0.289 e. The van der Waals surface area contributed by atoms with Crippen LogP contribution in [0.1, 0.15) is 79.6 Å². The number of hydrogen-bond acceptors (Lipinski definition) is 5. The topological polar surface area (TPSA) is 91.8 Å². The van der Waals surface area contributed by atoms with Gasteiger partial charge in [0.05, 0.1) is 33.6 Å². The minimum atomic E-state index is -0.500. The molecule has 2 aliphatic rings. The minimum absolute atomic E-state index is 0.143. The van der Waals surface area contributed by atoms with Crippen LogP contribution in [0.4, 0.5) is 11.4 Å². The van der Waals surface area contributed by atoms with Crippen LogP contribution in [0.5, 0.6) is 0 Å². The van der Waals surface area contributed by atoms with Crippen molar-refractivity contribution in [3.05, 3.63) is 128 Å². The zero-order valence-corrected chi connectivity index (χ0v) is 22.4. The van der Waals surface area contributed by atoms with Crippen LogP contribution in [0, 0.1) is 27.7 Å². The van der Waals surface area contributed by atoms with Gasteiger partial charge in [-0.05, 0) is 75.2 Å². The lowest BCUT2D eigenvalue weighted by atomic mass is 9.96. The third-order valence-corrected chi connectivity index (χ3v) is 7.48. The van der Waals surface area contributed by atoms with Gasteiger partial charge < -0.3 is 0 Å². The molecule has 196 valence electrons. The van der Waals surface area contributed by atoms with Gasteiger partial charge in [0.15, 0.2) is 5.78 Å². The van der Waals surface area contributed by atoms with Crippen LogP contribution in [-0.4, -0.2) is 29.4 Å². The molecule has 0 aliphatic carbocycles. The van der Waals surface area contributed by atoms with Crippen LogP contribution in [0.25, 0.3) is 0 Å². The number of hydrogen-bond donors (Lipinski definition) is 0. The van der Waals surface area contributed by atoms with E-state index in [1.807, 2.05) is 52.0 Å². The van der Waals surface area contributed by atoms with Gasteiger partial charge in [0.1, 0.15) is 0 Å². The number of carbonyl (C=O) groups is 5. The molecular weight excluding hydrogens is 504 g/mol. The molecule has 4 aromatic rings. The summed E-state index contributed by atoms with van der Waals surface area (Å²) >= 11 is 0. The highest BCUT2D eigenvalue weighted by atomic mass is 16.2. The molecule has 0 saturated heterocycles. The van der Waals surface area contributed by atoms with Crippen LogP contribution in [0.3, 0.4) is 0 Å². The van der Waals surface area contributed by atoms with E-state index in [-0.39, 0.29) is 33.4 Å². The van der Waals surface area contributed by atoms with Gasteiger partial charge in [0, 0.05) is 11.1 Å². The normalized spacial score (nSPS) is 14.2. The molecule has 0 spiro atoms. The monoisotopic (exact) mass is 528 g/mol. The average molecular weight is 529 g/mol. The summed E-state index contributed by atoms with van der Waals surface area (Å²) in [5.41, 5.74) is 5.73. The second-order valence-electron chi connectivity index (χ2n) is 10.3. The number of ketones is 1. The lowest BCUT2D eigenvalue weighted by molar-refractivity contribution is 0.0910.